The number of carbonyl (C=O) groups is 2. The van der Waals surface area contributed by atoms with Crippen LogP contribution >= 0.6 is 0 Å². The van der Waals surface area contributed by atoms with E-state index in [2.05, 4.69) is 4.98 Å². The molecule has 0 saturated carbocycles. The number of imide groups is 1. The Balaban J connectivity index is 1.43. The number of halogens is 1. The Morgan fingerprint density at radius 3 is 2.40 bits per heavy atom. The Kier molecular flexibility index (Phi) is 5.22. The third-order valence-electron chi connectivity index (χ3n) is 5.11. The molecule has 0 spiro atoms. The number of benzene rings is 2. The lowest BCUT2D eigenvalue weighted by Crippen LogP contribution is -2.33. The van der Waals surface area contributed by atoms with Crippen molar-refractivity contribution < 1.29 is 18.7 Å². The van der Waals surface area contributed by atoms with Crippen molar-refractivity contribution in [2.75, 3.05) is 4.90 Å². The molecule has 2 aromatic carbocycles. The number of aromatic nitrogens is 2. The van der Waals surface area contributed by atoms with Gasteiger partial charge in [0.2, 0.25) is 0 Å². The van der Waals surface area contributed by atoms with Gasteiger partial charge in [-0.05, 0) is 48.9 Å². The van der Waals surface area contributed by atoms with Crippen molar-refractivity contribution >= 4 is 17.6 Å². The minimum Gasteiger partial charge on any atom is -0.486 e. The first-order chi connectivity index (χ1) is 14.4. The van der Waals surface area contributed by atoms with Crippen molar-refractivity contribution in [2.24, 2.45) is 7.05 Å². The molecule has 0 N–H and O–H groups in total. The normalized spacial score (nSPS) is 16.4. The van der Waals surface area contributed by atoms with Crippen LogP contribution in [0.2, 0.25) is 0 Å². The molecule has 1 aliphatic rings. The molecule has 7 nitrogen and oxygen atoms in total. The molecule has 4 rings (SSSR count). The van der Waals surface area contributed by atoms with E-state index in [1.54, 1.807) is 25.3 Å². The van der Waals surface area contributed by atoms with Crippen LogP contribution in [-0.4, -0.2) is 32.4 Å². The third-order valence-corrected chi connectivity index (χ3v) is 5.11. The summed E-state index contributed by atoms with van der Waals surface area (Å²) >= 11 is 0. The Morgan fingerprint density at radius 1 is 1.07 bits per heavy atom. The molecule has 0 aliphatic carbocycles. The highest BCUT2D eigenvalue weighted by molar-refractivity contribution is 6.13. The number of nitrogens with zero attached hydrogens (tertiary/aromatic N) is 4. The fraction of sp³-hybridized carbons (Fsp3) is 0.227. The molecule has 0 radical (unpaired) electrons. The van der Waals surface area contributed by atoms with Gasteiger partial charge < -0.3 is 9.30 Å². The number of imidazole rings is 1. The maximum absolute atomic E-state index is 13.2. The largest absolute Gasteiger partial charge is 0.486 e. The summed E-state index contributed by atoms with van der Waals surface area (Å²) < 4.78 is 20.8. The van der Waals surface area contributed by atoms with Gasteiger partial charge in [-0.15, -0.1) is 0 Å². The number of carbonyl (C=O) groups excluding carboxylic acids is 2. The zero-order valence-corrected chi connectivity index (χ0v) is 16.7. The molecule has 2 heterocycles. The van der Waals surface area contributed by atoms with Crippen molar-refractivity contribution in [1.82, 2.24) is 14.5 Å². The van der Waals surface area contributed by atoms with E-state index in [4.69, 9.17) is 4.74 Å². The topological polar surface area (TPSA) is 67.7 Å². The van der Waals surface area contributed by atoms with Crippen LogP contribution < -0.4 is 9.64 Å². The van der Waals surface area contributed by atoms with Gasteiger partial charge in [0.25, 0.3) is 5.91 Å². The van der Waals surface area contributed by atoms with E-state index in [9.17, 15) is 14.0 Å². The monoisotopic (exact) mass is 408 g/mol. The predicted octanol–water partition coefficient (Wildman–Crippen LogP) is 3.50. The second-order valence-electron chi connectivity index (χ2n) is 7.12. The Hall–Kier alpha value is -3.68. The minimum atomic E-state index is -0.650. The molecule has 1 fully saturated rings. The zero-order chi connectivity index (χ0) is 21.3. The fourth-order valence-corrected chi connectivity index (χ4v) is 3.36. The van der Waals surface area contributed by atoms with Crippen molar-refractivity contribution in [1.29, 1.82) is 0 Å². The van der Waals surface area contributed by atoms with Crippen LogP contribution in [0.5, 0.6) is 5.75 Å². The summed E-state index contributed by atoms with van der Waals surface area (Å²) in [4.78, 5) is 32.3. The van der Waals surface area contributed by atoms with Crippen LogP contribution in [0.15, 0.2) is 60.9 Å². The summed E-state index contributed by atoms with van der Waals surface area (Å²) in [5, 5.41) is 0. The summed E-state index contributed by atoms with van der Waals surface area (Å²) in [5.74, 6) is 0.787. The molecule has 3 aromatic rings. The number of aryl methyl sites for hydroxylation is 1. The highest BCUT2D eigenvalue weighted by atomic mass is 19.1. The highest BCUT2D eigenvalue weighted by Gasteiger charge is 2.43. The molecule has 1 unspecified atom stereocenters. The van der Waals surface area contributed by atoms with Crippen molar-refractivity contribution in [3.8, 4) is 5.75 Å². The van der Waals surface area contributed by atoms with Gasteiger partial charge in [0, 0.05) is 25.1 Å². The second-order valence-corrected chi connectivity index (χ2v) is 7.12. The molecule has 154 valence electrons. The first kappa shape index (κ1) is 19.6. The van der Waals surface area contributed by atoms with Gasteiger partial charge in [0.1, 0.15) is 30.0 Å². The van der Waals surface area contributed by atoms with Crippen LogP contribution in [0.25, 0.3) is 0 Å². The lowest BCUT2D eigenvalue weighted by Gasteiger charge is -2.19. The molecule has 1 aromatic heterocycles. The van der Waals surface area contributed by atoms with Crippen LogP contribution in [0, 0.1) is 5.82 Å². The van der Waals surface area contributed by atoms with Crippen LogP contribution in [-0.2, 0) is 25.0 Å². The molecule has 8 heteroatoms. The summed E-state index contributed by atoms with van der Waals surface area (Å²) in [6.07, 6.45) is 3.56. The van der Waals surface area contributed by atoms with E-state index in [1.165, 1.54) is 34.1 Å². The lowest BCUT2D eigenvalue weighted by atomic mass is 10.2. The van der Waals surface area contributed by atoms with E-state index in [0.717, 1.165) is 11.4 Å². The van der Waals surface area contributed by atoms with E-state index in [0.29, 0.717) is 18.0 Å². The molecule has 1 atom stereocenters. The predicted molar refractivity (Wildman–Crippen MR) is 108 cm³/mol. The summed E-state index contributed by atoms with van der Waals surface area (Å²) in [6, 6.07) is 11.7. The maximum Gasteiger partial charge on any atom is 0.332 e. The zero-order valence-electron chi connectivity index (χ0n) is 16.7. The Morgan fingerprint density at radius 2 is 1.77 bits per heavy atom. The number of rotatable bonds is 6. The van der Waals surface area contributed by atoms with Crippen LogP contribution in [0.4, 0.5) is 14.9 Å². The Labute approximate surface area is 173 Å². The molecular formula is C22H21FN4O3. The van der Waals surface area contributed by atoms with Crippen LogP contribution in [0.3, 0.4) is 0 Å². The van der Waals surface area contributed by atoms with Gasteiger partial charge >= 0.3 is 6.03 Å². The smallest absolute Gasteiger partial charge is 0.332 e. The summed E-state index contributed by atoms with van der Waals surface area (Å²) in [6.45, 7) is 2.16. The molecule has 3 amide bonds. The Bertz CT molecular complexity index is 1060. The van der Waals surface area contributed by atoms with Gasteiger partial charge in [0.15, 0.2) is 0 Å². The first-order valence-electron chi connectivity index (χ1n) is 9.52. The quantitative estimate of drug-likeness (QED) is 0.586. The number of hydrogen-bond donors (Lipinski definition) is 0. The van der Waals surface area contributed by atoms with Gasteiger partial charge in [-0.3, -0.25) is 14.6 Å². The van der Waals surface area contributed by atoms with E-state index in [1.807, 2.05) is 29.9 Å². The van der Waals surface area contributed by atoms with Crippen LogP contribution in [0.1, 0.15) is 18.3 Å². The third kappa shape index (κ3) is 3.76. The number of urea groups is 1. The summed E-state index contributed by atoms with van der Waals surface area (Å²) in [7, 11) is 1.90. The van der Waals surface area contributed by atoms with Gasteiger partial charge in [-0.2, -0.15) is 0 Å². The molecule has 30 heavy (non-hydrogen) atoms. The number of hydrogen-bond acceptors (Lipinski definition) is 4. The molecular weight excluding hydrogens is 387 g/mol. The fourth-order valence-electron chi connectivity index (χ4n) is 3.36. The SMILES string of the molecule is CC1C(=O)N(Cc2ccc(OCc3nccn3C)cc2)C(=O)N1c1ccc(F)cc1. The van der Waals surface area contributed by atoms with E-state index < -0.39 is 17.9 Å². The highest BCUT2D eigenvalue weighted by Crippen LogP contribution is 2.27. The van der Waals surface area contributed by atoms with E-state index >= 15 is 0 Å². The average Bonchev–Trinajstić information content (AvgIpc) is 3.24. The molecule has 1 aliphatic heterocycles. The average molecular weight is 408 g/mol. The first-order valence-corrected chi connectivity index (χ1v) is 9.52. The molecule has 0 bridgehead atoms. The number of amides is 3. The van der Waals surface area contributed by atoms with Gasteiger partial charge in [-0.1, -0.05) is 12.1 Å². The van der Waals surface area contributed by atoms with Crippen molar-refractivity contribution in [3.63, 3.8) is 0 Å². The number of anilines is 1. The maximum atomic E-state index is 13.2. The van der Waals surface area contributed by atoms with Crippen molar-refractivity contribution in [3.05, 3.63) is 78.1 Å². The molecule has 1 saturated heterocycles. The van der Waals surface area contributed by atoms with E-state index in [-0.39, 0.29) is 12.5 Å². The summed E-state index contributed by atoms with van der Waals surface area (Å²) in [5.41, 5.74) is 1.29. The standard InChI is InChI=1S/C22H21FN4O3/c1-15-21(28)26(22(29)27(15)18-7-5-17(23)6-8-18)13-16-3-9-19(10-4-16)30-14-20-24-11-12-25(20)2/h3-12,15H,13-14H2,1-2H3. The number of ether oxygens (including phenoxy) is 1. The van der Waals surface area contributed by atoms with Gasteiger partial charge in [-0.25, -0.2) is 14.2 Å². The van der Waals surface area contributed by atoms with Crippen molar-refractivity contribution in [2.45, 2.75) is 26.1 Å². The minimum absolute atomic E-state index is 0.152. The lowest BCUT2D eigenvalue weighted by molar-refractivity contribution is -0.127. The second kappa shape index (κ2) is 7.98. The van der Waals surface area contributed by atoms with Gasteiger partial charge in [0.05, 0.1) is 6.54 Å².